The van der Waals surface area contributed by atoms with Crippen LogP contribution in [0.25, 0.3) is 0 Å². The highest BCUT2D eigenvalue weighted by Gasteiger charge is 2.52. The smallest absolute Gasteiger partial charge is 0.315 e. The lowest BCUT2D eigenvalue weighted by Gasteiger charge is -2.46. The molecule has 0 amide bonds. The van der Waals surface area contributed by atoms with Crippen LogP contribution in [0.5, 0.6) is 0 Å². The third kappa shape index (κ3) is 3.82. The minimum Gasteiger partial charge on any atom is -0.461 e. The Balaban J connectivity index is 1.27. The van der Waals surface area contributed by atoms with Gasteiger partial charge in [0.1, 0.15) is 12.0 Å². The molecule has 4 aliphatic rings. The molecule has 0 aromatic heterocycles. The number of carbonyl (C=O) groups is 1. The molecule has 2 saturated heterocycles. The molecule has 31 heavy (non-hydrogen) atoms. The van der Waals surface area contributed by atoms with E-state index in [-0.39, 0.29) is 23.4 Å². The van der Waals surface area contributed by atoms with Crippen molar-refractivity contribution < 1.29 is 14.4 Å². The molecule has 3 fully saturated rings. The molecule has 1 aromatic carbocycles. The Morgan fingerprint density at radius 3 is 2.77 bits per heavy atom. The van der Waals surface area contributed by atoms with Crippen molar-refractivity contribution >= 4 is 11.7 Å². The van der Waals surface area contributed by atoms with E-state index in [4.69, 9.17) is 4.74 Å². The largest absolute Gasteiger partial charge is 0.461 e. The van der Waals surface area contributed by atoms with Crippen LogP contribution in [0.4, 0.5) is 5.69 Å². The summed E-state index contributed by atoms with van der Waals surface area (Å²) in [5.74, 6) is 1.05. The summed E-state index contributed by atoms with van der Waals surface area (Å²) in [6, 6.07) is 6.74. The number of anilines is 1. The van der Waals surface area contributed by atoms with Gasteiger partial charge in [-0.05, 0) is 61.6 Å². The Morgan fingerprint density at radius 2 is 2.00 bits per heavy atom. The summed E-state index contributed by atoms with van der Waals surface area (Å²) >= 11 is 0. The van der Waals surface area contributed by atoms with Gasteiger partial charge in [-0.3, -0.25) is 4.79 Å². The second-order valence-corrected chi connectivity index (χ2v) is 11.1. The molecule has 0 unspecified atom stereocenters. The number of hydrogen-bond donors (Lipinski definition) is 1. The standard InChI is InChI=1S/C27H38N2O2/c1-18-7-8-20(3)24(14-18)29-12-10-28(11-13-29)17-22-21-15-23-19(2)6-5-9-27(23,4)16-25(21)31-26(22)30/h7-8,14-15,19,21-22,25H,5-6,9-13,16-17H2,1-4H3/p+1/t19-,21+,22+,25+,27+/m0/s1. The van der Waals surface area contributed by atoms with E-state index in [1.165, 1.54) is 36.1 Å². The number of hydrogen-bond acceptors (Lipinski definition) is 3. The minimum absolute atomic E-state index is 0.0402. The van der Waals surface area contributed by atoms with Crippen molar-refractivity contribution in [1.82, 2.24) is 0 Å². The molecular formula is C27H39N2O2+. The first kappa shape index (κ1) is 21.1. The van der Waals surface area contributed by atoms with Crippen molar-refractivity contribution in [3.63, 3.8) is 0 Å². The second kappa shape index (κ2) is 7.95. The molecule has 0 spiro atoms. The number of piperazine rings is 1. The third-order valence-electron chi connectivity index (χ3n) is 8.77. The molecule has 2 aliphatic heterocycles. The van der Waals surface area contributed by atoms with Crippen LogP contribution in [-0.4, -0.2) is 44.8 Å². The predicted octanol–water partition coefficient (Wildman–Crippen LogP) is 3.32. The van der Waals surface area contributed by atoms with E-state index in [1.54, 1.807) is 10.5 Å². The van der Waals surface area contributed by atoms with Crippen LogP contribution < -0.4 is 9.80 Å². The summed E-state index contributed by atoms with van der Waals surface area (Å²) in [6.07, 6.45) is 7.49. The zero-order chi connectivity index (χ0) is 21.8. The van der Waals surface area contributed by atoms with Gasteiger partial charge >= 0.3 is 5.97 Å². The van der Waals surface area contributed by atoms with Crippen LogP contribution in [0, 0.1) is 37.0 Å². The molecule has 1 aromatic rings. The van der Waals surface area contributed by atoms with E-state index in [2.05, 4.69) is 56.9 Å². The summed E-state index contributed by atoms with van der Waals surface area (Å²) in [4.78, 5) is 17.0. The quantitative estimate of drug-likeness (QED) is 0.598. The number of nitrogens with one attached hydrogen (secondary N) is 1. The fourth-order valence-electron chi connectivity index (χ4n) is 6.92. The number of fused-ring (bicyclic) bond motifs is 2. The Morgan fingerprint density at radius 1 is 1.23 bits per heavy atom. The Bertz CT molecular complexity index is 885. The van der Waals surface area contributed by atoms with E-state index in [9.17, 15) is 4.79 Å². The normalized spacial score (nSPS) is 35.9. The summed E-state index contributed by atoms with van der Waals surface area (Å²) < 4.78 is 5.98. The number of aryl methyl sites for hydroxylation is 2. The maximum absolute atomic E-state index is 12.9. The molecular weight excluding hydrogens is 384 g/mol. The molecule has 0 radical (unpaired) electrons. The monoisotopic (exact) mass is 423 g/mol. The fraction of sp³-hybridized carbons (Fsp3) is 0.667. The molecule has 4 nitrogen and oxygen atoms in total. The second-order valence-electron chi connectivity index (χ2n) is 11.1. The highest BCUT2D eigenvalue weighted by atomic mass is 16.6. The van der Waals surface area contributed by atoms with Gasteiger partial charge in [0.15, 0.2) is 0 Å². The molecule has 2 aliphatic carbocycles. The van der Waals surface area contributed by atoms with Crippen LogP contribution in [0.1, 0.15) is 50.7 Å². The number of quaternary nitrogens is 1. The summed E-state index contributed by atoms with van der Waals surface area (Å²) in [6.45, 7) is 14.4. The van der Waals surface area contributed by atoms with Crippen molar-refractivity contribution in [3.8, 4) is 0 Å². The average molecular weight is 424 g/mol. The number of rotatable bonds is 3. The maximum atomic E-state index is 12.9. The summed E-state index contributed by atoms with van der Waals surface area (Å²) in [5, 5.41) is 0. The number of esters is 1. The number of allylic oxidation sites excluding steroid dienone is 1. The van der Waals surface area contributed by atoms with Gasteiger partial charge in [-0.2, -0.15) is 0 Å². The molecule has 5 atom stereocenters. The van der Waals surface area contributed by atoms with Crippen molar-refractivity contribution in [2.45, 2.75) is 59.5 Å². The van der Waals surface area contributed by atoms with E-state index < -0.39 is 0 Å². The SMILES string of the molecule is Cc1ccc(C)c(N2CC[NH+](C[C@H]3C(=O)O[C@@H]4C[C@@]5(C)CCC[C@H](C)C5=C[C@@H]43)CC2)c1. The Hall–Kier alpha value is -1.81. The minimum atomic E-state index is 0.0402. The fourth-order valence-corrected chi connectivity index (χ4v) is 6.92. The molecule has 1 N–H and O–H groups in total. The van der Waals surface area contributed by atoms with Gasteiger partial charge in [-0.15, -0.1) is 0 Å². The van der Waals surface area contributed by atoms with E-state index in [1.807, 2.05) is 0 Å². The maximum Gasteiger partial charge on any atom is 0.315 e. The van der Waals surface area contributed by atoms with E-state index >= 15 is 0 Å². The highest BCUT2D eigenvalue weighted by molar-refractivity contribution is 5.76. The van der Waals surface area contributed by atoms with Gasteiger partial charge in [0, 0.05) is 11.6 Å². The third-order valence-corrected chi connectivity index (χ3v) is 8.77. The molecule has 4 heteroatoms. The molecule has 0 bridgehead atoms. The Labute approximate surface area is 187 Å². The topological polar surface area (TPSA) is 34.0 Å². The number of carbonyl (C=O) groups excluding carboxylic acids is 1. The first-order chi connectivity index (χ1) is 14.8. The number of ether oxygens (including phenoxy) is 1. The molecule has 1 saturated carbocycles. The van der Waals surface area contributed by atoms with E-state index in [0.29, 0.717) is 11.8 Å². The van der Waals surface area contributed by atoms with Gasteiger partial charge in [-0.25, -0.2) is 0 Å². The zero-order valence-corrected chi connectivity index (χ0v) is 19.7. The van der Waals surface area contributed by atoms with Crippen LogP contribution in [-0.2, 0) is 9.53 Å². The first-order valence-electron chi connectivity index (χ1n) is 12.4. The van der Waals surface area contributed by atoms with E-state index in [0.717, 1.165) is 39.1 Å². The average Bonchev–Trinajstić information content (AvgIpc) is 3.02. The van der Waals surface area contributed by atoms with Crippen molar-refractivity contribution in [1.29, 1.82) is 0 Å². The van der Waals surface area contributed by atoms with Crippen LogP contribution in [0.15, 0.2) is 29.8 Å². The van der Waals surface area contributed by atoms with Crippen molar-refractivity contribution in [3.05, 3.63) is 41.0 Å². The lowest BCUT2D eigenvalue weighted by atomic mass is 9.59. The van der Waals surface area contributed by atoms with Gasteiger partial charge in [-0.1, -0.05) is 44.1 Å². The summed E-state index contributed by atoms with van der Waals surface area (Å²) in [7, 11) is 0. The van der Waals surface area contributed by atoms with Crippen LogP contribution >= 0.6 is 0 Å². The first-order valence-corrected chi connectivity index (χ1v) is 12.4. The van der Waals surface area contributed by atoms with Gasteiger partial charge < -0.3 is 14.5 Å². The predicted molar refractivity (Wildman–Crippen MR) is 124 cm³/mol. The molecule has 168 valence electrons. The van der Waals surface area contributed by atoms with Crippen LogP contribution in [0.2, 0.25) is 0 Å². The number of benzene rings is 1. The Kier molecular flexibility index (Phi) is 5.40. The van der Waals surface area contributed by atoms with Crippen LogP contribution in [0.3, 0.4) is 0 Å². The zero-order valence-electron chi connectivity index (χ0n) is 19.7. The molecule has 5 rings (SSSR count). The highest BCUT2D eigenvalue weighted by Crippen LogP contribution is 2.53. The van der Waals surface area contributed by atoms with Gasteiger partial charge in [0.2, 0.25) is 0 Å². The molecule has 2 heterocycles. The lowest BCUT2D eigenvalue weighted by molar-refractivity contribution is -0.903. The summed E-state index contributed by atoms with van der Waals surface area (Å²) in [5.41, 5.74) is 5.93. The lowest BCUT2D eigenvalue weighted by Crippen LogP contribution is -3.15. The van der Waals surface area contributed by atoms with Crippen molar-refractivity contribution in [2.75, 3.05) is 37.6 Å². The van der Waals surface area contributed by atoms with Crippen molar-refractivity contribution in [2.24, 2.45) is 23.2 Å². The van der Waals surface area contributed by atoms with Gasteiger partial charge in [0.25, 0.3) is 0 Å². The number of nitrogens with zero attached hydrogens (tertiary/aromatic N) is 1. The van der Waals surface area contributed by atoms with Gasteiger partial charge in [0.05, 0.1) is 32.7 Å².